The van der Waals surface area contributed by atoms with Crippen LogP contribution in [-0.4, -0.2) is 47.6 Å². The number of ether oxygens (including phenoxy) is 2. The zero-order valence-electron chi connectivity index (χ0n) is 12.8. The topological polar surface area (TPSA) is 105 Å². The molecule has 3 N–H and O–H groups in total. The van der Waals surface area contributed by atoms with Crippen LogP contribution < -0.4 is 5.32 Å². The molecule has 0 aliphatic heterocycles. The van der Waals surface area contributed by atoms with Gasteiger partial charge in [0, 0.05) is 6.04 Å². The highest BCUT2D eigenvalue weighted by molar-refractivity contribution is 5.75. The number of carbonyl (C=O) groups excluding carboxylic acids is 2. The zero-order chi connectivity index (χ0) is 16.8. The van der Waals surface area contributed by atoms with Gasteiger partial charge < -0.3 is 25.0 Å². The molecule has 1 amide bonds. The number of hydrogen-bond acceptors (Lipinski definition) is 6. The van der Waals surface area contributed by atoms with Gasteiger partial charge in [0.15, 0.2) is 0 Å². The third kappa shape index (κ3) is 4.67. The average molecular weight is 323 g/mol. The highest BCUT2D eigenvalue weighted by atomic mass is 16.5. The molecule has 1 aliphatic rings. The van der Waals surface area contributed by atoms with Gasteiger partial charge in [0.2, 0.25) is 0 Å². The van der Waals surface area contributed by atoms with Gasteiger partial charge in [-0.15, -0.1) is 0 Å². The summed E-state index contributed by atoms with van der Waals surface area (Å²) in [6, 6.07) is 8.53. The Balaban J connectivity index is 1.92. The molecule has 7 nitrogen and oxygen atoms in total. The molecule has 2 rings (SSSR count). The molecular formula is C16H21NO6. The summed E-state index contributed by atoms with van der Waals surface area (Å²) in [4.78, 5) is 23.7. The minimum atomic E-state index is -1.02. The van der Waals surface area contributed by atoms with E-state index in [0.29, 0.717) is 0 Å². The summed E-state index contributed by atoms with van der Waals surface area (Å²) in [6.45, 7) is 0.105. The summed E-state index contributed by atoms with van der Waals surface area (Å²) in [5, 5.41) is 22.0. The van der Waals surface area contributed by atoms with Gasteiger partial charge in [-0.2, -0.15) is 0 Å². The first kappa shape index (κ1) is 17.2. The summed E-state index contributed by atoms with van der Waals surface area (Å²) < 4.78 is 9.80. The number of benzene rings is 1. The Bertz CT molecular complexity index is 535. The van der Waals surface area contributed by atoms with Crippen LogP contribution in [0.1, 0.15) is 18.4 Å². The van der Waals surface area contributed by atoms with E-state index in [1.54, 1.807) is 0 Å². The van der Waals surface area contributed by atoms with Gasteiger partial charge in [0.25, 0.3) is 0 Å². The Morgan fingerprint density at radius 2 is 1.83 bits per heavy atom. The van der Waals surface area contributed by atoms with Crippen LogP contribution in [0.25, 0.3) is 0 Å². The van der Waals surface area contributed by atoms with Crippen molar-refractivity contribution >= 4 is 12.1 Å². The van der Waals surface area contributed by atoms with Gasteiger partial charge in [-0.05, 0) is 18.4 Å². The molecule has 1 saturated carbocycles. The molecule has 1 aliphatic carbocycles. The molecule has 1 aromatic carbocycles. The molecule has 0 bridgehead atoms. The van der Waals surface area contributed by atoms with Crippen molar-refractivity contribution in [3.05, 3.63) is 35.9 Å². The van der Waals surface area contributed by atoms with E-state index in [1.807, 2.05) is 30.3 Å². The molecule has 0 radical (unpaired) electrons. The van der Waals surface area contributed by atoms with Crippen molar-refractivity contribution in [2.45, 2.75) is 37.7 Å². The van der Waals surface area contributed by atoms with E-state index in [-0.39, 0.29) is 19.4 Å². The van der Waals surface area contributed by atoms with Crippen LogP contribution in [-0.2, 0) is 20.9 Å². The molecule has 0 heterocycles. The van der Waals surface area contributed by atoms with Crippen molar-refractivity contribution in [2.75, 3.05) is 7.11 Å². The molecule has 0 aromatic heterocycles. The number of rotatable bonds is 4. The molecule has 23 heavy (non-hydrogen) atoms. The Hall–Kier alpha value is -2.12. The largest absolute Gasteiger partial charge is 0.469 e. The van der Waals surface area contributed by atoms with Crippen LogP contribution in [0, 0.1) is 5.92 Å². The van der Waals surface area contributed by atoms with Gasteiger partial charge in [-0.25, -0.2) is 4.79 Å². The first-order valence-corrected chi connectivity index (χ1v) is 7.42. The number of hydrogen-bond donors (Lipinski definition) is 3. The fourth-order valence-corrected chi connectivity index (χ4v) is 2.65. The molecular weight excluding hydrogens is 302 g/mol. The Morgan fingerprint density at radius 3 is 2.48 bits per heavy atom. The van der Waals surface area contributed by atoms with Crippen LogP contribution in [0.15, 0.2) is 30.3 Å². The van der Waals surface area contributed by atoms with Gasteiger partial charge >= 0.3 is 12.1 Å². The number of aliphatic hydroxyl groups is 2. The molecule has 7 heteroatoms. The fraction of sp³-hybridized carbons (Fsp3) is 0.500. The van der Waals surface area contributed by atoms with Gasteiger partial charge in [-0.1, -0.05) is 30.3 Å². The minimum absolute atomic E-state index is 0.0253. The number of aliphatic hydroxyl groups excluding tert-OH is 2. The van der Waals surface area contributed by atoms with E-state index >= 15 is 0 Å². The minimum Gasteiger partial charge on any atom is -0.469 e. The van der Waals surface area contributed by atoms with Crippen molar-refractivity contribution in [3.63, 3.8) is 0 Å². The van der Waals surface area contributed by atoms with Gasteiger partial charge in [0.1, 0.15) is 6.61 Å². The van der Waals surface area contributed by atoms with Crippen molar-refractivity contribution in [3.8, 4) is 0 Å². The third-order valence-electron chi connectivity index (χ3n) is 3.94. The molecule has 0 spiro atoms. The maximum atomic E-state index is 11.9. The standard InChI is InChI=1S/C16H21NO6/c1-22-15(20)11-7-13(18)14(19)8-12(11)17-16(21)23-9-10-5-3-2-4-6-10/h2-6,11-14,18-19H,7-9H2,1H3,(H,17,21)/t11-,12-,13+,14+/m1/s1. The van der Waals surface area contributed by atoms with Crippen LogP contribution in [0.2, 0.25) is 0 Å². The highest BCUT2D eigenvalue weighted by Gasteiger charge is 2.40. The SMILES string of the molecule is COC(=O)[C@@H]1C[C@H](O)[C@@H](O)C[C@H]1NC(=O)OCc1ccccc1. The second kappa shape index (κ2) is 7.94. The third-order valence-corrected chi connectivity index (χ3v) is 3.94. The average Bonchev–Trinajstić information content (AvgIpc) is 2.56. The van der Waals surface area contributed by atoms with Crippen molar-refractivity contribution < 1.29 is 29.3 Å². The first-order valence-electron chi connectivity index (χ1n) is 7.42. The smallest absolute Gasteiger partial charge is 0.407 e. The maximum Gasteiger partial charge on any atom is 0.407 e. The summed E-state index contributed by atoms with van der Waals surface area (Å²) in [5.74, 6) is -1.26. The van der Waals surface area contributed by atoms with Gasteiger partial charge in [-0.3, -0.25) is 4.79 Å². The predicted molar refractivity (Wildman–Crippen MR) is 80.3 cm³/mol. The number of nitrogens with one attached hydrogen (secondary N) is 1. The van der Waals surface area contributed by atoms with Crippen LogP contribution in [0.4, 0.5) is 4.79 Å². The Kier molecular flexibility index (Phi) is 5.95. The second-order valence-electron chi connectivity index (χ2n) is 5.55. The first-order chi connectivity index (χ1) is 11.0. The molecule has 126 valence electrons. The van der Waals surface area contributed by atoms with E-state index in [1.165, 1.54) is 7.11 Å². The Labute approximate surface area is 134 Å². The van der Waals surface area contributed by atoms with E-state index in [0.717, 1.165) is 5.56 Å². The quantitative estimate of drug-likeness (QED) is 0.700. The van der Waals surface area contributed by atoms with Crippen molar-refractivity contribution in [1.82, 2.24) is 5.32 Å². The van der Waals surface area contributed by atoms with E-state index in [4.69, 9.17) is 9.47 Å². The fourth-order valence-electron chi connectivity index (χ4n) is 2.65. The normalized spacial score (nSPS) is 27.1. The van der Waals surface area contributed by atoms with E-state index < -0.39 is 36.2 Å². The summed E-state index contributed by atoms with van der Waals surface area (Å²) in [7, 11) is 1.24. The van der Waals surface area contributed by atoms with Crippen LogP contribution in [0.5, 0.6) is 0 Å². The van der Waals surface area contributed by atoms with Crippen molar-refractivity contribution in [2.24, 2.45) is 5.92 Å². The predicted octanol–water partition coefficient (Wildman–Crippen LogP) is 0.586. The number of carbonyl (C=O) groups is 2. The maximum absolute atomic E-state index is 11.9. The highest BCUT2D eigenvalue weighted by Crippen LogP contribution is 2.26. The second-order valence-corrected chi connectivity index (χ2v) is 5.55. The number of alkyl carbamates (subject to hydrolysis) is 1. The molecule has 0 unspecified atom stereocenters. The lowest BCUT2D eigenvalue weighted by Gasteiger charge is -2.35. The lowest BCUT2D eigenvalue weighted by molar-refractivity contribution is -0.151. The summed E-state index contributed by atoms with van der Waals surface area (Å²) in [6.07, 6.45) is -2.62. The van der Waals surface area contributed by atoms with E-state index in [2.05, 4.69) is 5.32 Å². The molecule has 4 atom stereocenters. The summed E-state index contributed by atoms with van der Waals surface area (Å²) in [5.41, 5.74) is 0.839. The number of esters is 1. The van der Waals surface area contributed by atoms with Crippen LogP contribution >= 0.6 is 0 Å². The number of methoxy groups -OCH3 is 1. The summed E-state index contributed by atoms with van der Waals surface area (Å²) >= 11 is 0. The Morgan fingerprint density at radius 1 is 1.17 bits per heavy atom. The number of amides is 1. The zero-order valence-corrected chi connectivity index (χ0v) is 12.8. The molecule has 1 fully saturated rings. The lowest BCUT2D eigenvalue weighted by atomic mass is 9.81. The lowest BCUT2D eigenvalue weighted by Crippen LogP contribution is -2.52. The van der Waals surface area contributed by atoms with Gasteiger partial charge in [0.05, 0.1) is 25.2 Å². The van der Waals surface area contributed by atoms with E-state index in [9.17, 15) is 19.8 Å². The monoisotopic (exact) mass is 323 g/mol. The molecule has 1 aromatic rings. The van der Waals surface area contributed by atoms with Crippen LogP contribution in [0.3, 0.4) is 0 Å². The molecule has 0 saturated heterocycles. The van der Waals surface area contributed by atoms with Crippen molar-refractivity contribution in [1.29, 1.82) is 0 Å².